The third-order valence-corrected chi connectivity index (χ3v) is 8.57. The molecule has 3 fully saturated rings. The molecule has 2 aromatic carbocycles. The molecule has 4 atom stereocenters. The molecule has 2 saturated heterocycles. The second kappa shape index (κ2) is 12.3. The minimum absolute atomic E-state index is 0.0614. The van der Waals surface area contributed by atoms with Crippen LogP contribution in [0.5, 0.6) is 28.7 Å². The number of nitrogens with zero attached hydrogens (tertiary/aromatic N) is 2. The molecule has 10 nitrogen and oxygen atoms in total. The number of carbonyl (C=O) groups is 3. The van der Waals surface area contributed by atoms with Crippen LogP contribution in [0.4, 0.5) is 0 Å². The lowest BCUT2D eigenvalue weighted by Gasteiger charge is -2.50. The van der Waals surface area contributed by atoms with E-state index in [9.17, 15) is 14.4 Å². The summed E-state index contributed by atoms with van der Waals surface area (Å²) in [5.41, 5.74) is 0.132. The molecule has 0 spiro atoms. The zero-order valence-electron chi connectivity index (χ0n) is 24.1. The topological polar surface area (TPSA) is 104 Å². The van der Waals surface area contributed by atoms with E-state index < -0.39 is 17.7 Å². The third kappa shape index (κ3) is 5.64. The molecule has 0 radical (unpaired) electrons. The summed E-state index contributed by atoms with van der Waals surface area (Å²) in [6.45, 7) is 1.03. The number of rotatable bonds is 10. The maximum atomic E-state index is 13.7. The Bertz CT molecular complexity index is 1250. The standard InChI is InChI=1S/C31H38N2O8/c1-37-23-10-12-24(13-11-23)41-18-19-8-9-21(14-19)32-17-22-6-5-7-25(30(32)35)33(22)31(36)28(34)20-15-26(38-2)29(40-4)27(16-20)39-3/h10-13,15-16,19,21-22,25H,5-9,14,17-18H2,1-4H3/t19-,21+,22?,25?/m1/s1. The molecule has 1 saturated carbocycles. The van der Waals surface area contributed by atoms with Crippen molar-refractivity contribution in [3.8, 4) is 28.7 Å². The molecule has 2 heterocycles. The highest BCUT2D eigenvalue weighted by molar-refractivity contribution is 6.43. The first-order valence-electron chi connectivity index (χ1n) is 14.1. The highest BCUT2D eigenvalue weighted by atomic mass is 16.5. The van der Waals surface area contributed by atoms with E-state index in [0.29, 0.717) is 31.2 Å². The molecule has 220 valence electrons. The van der Waals surface area contributed by atoms with Crippen molar-refractivity contribution in [2.45, 2.75) is 56.7 Å². The van der Waals surface area contributed by atoms with Gasteiger partial charge in [0.05, 0.1) is 41.1 Å². The summed E-state index contributed by atoms with van der Waals surface area (Å²) in [7, 11) is 6.01. The lowest BCUT2D eigenvalue weighted by atomic mass is 9.88. The van der Waals surface area contributed by atoms with Crippen molar-refractivity contribution in [2.75, 3.05) is 41.6 Å². The Morgan fingerprint density at radius 2 is 1.51 bits per heavy atom. The fourth-order valence-electron chi connectivity index (χ4n) is 6.47. The summed E-state index contributed by atoms with van der Waals surface area (Å²) in [6.07, 6.45) is 4.89. The first-order chi connectivity index (χ1) is 19.9. The monoisotopic (exact) mass is 566 g/mol. The van der Waals surface area contributed by atoms with Crippen LogP contribution >= 0.6 is 0 Å². The van der Waals surface area contributed by atoms with Gasteiger partial charge in [-0.25, -0.2) is 0 Å². The van der Waals surface area contributed by atoms with Gasteiger partial charge in [-0.15, -0.1) is 0 Å². The van der Waals surface area contributed by atoms with Gasteiger partial charge in [0.15, 0.2) is 11.5 Å². The molecular weight excluding hydrogens is 528 g/mol. The van der Waals surface area contributed by atoms with Gasteiger partial charge in [0, 0.05) is 18.2 Å². The molecule has 5 rings (SSSR count). The molecule has 0 N–H and O–H groups in total. The van der Waals surface area contributed by atoms with Crippen molar-refractivity contribution in [1.29, 1.82) is 0 Å². The summed E-state index contributed by atoms with van der Waals surface area (Å²) in [4.78, 5) is 44.3. The van der Waals surface area contributed by atoms with Crippen LogP contribution in [0.1, 0.15) is 48.9 Å². The van der Waals surface area contributed by atoms with E-state index in [4.69, 9.17) is 23.7 Å². The van der Waals surface area contributed by atoms with Crippen LogP contribution in [0, 0.1) is 5.92 Å². The van der Waals surface area contributed by atoms with E-state index in [1.165, 1.54) is 38.4 Å². The van der Waals surface area contributed by atoms with E-state index in [0.717, 1.165) is 43.6 Å². The summed E-state index contributed by atoms with van der Waals surface area (Å²) in [5, 5.41) is 0. The van der Waals surface area contributed by atoms with Crippen molar-refractivity contribution in [3.05, 3.63) is 42.0 Å². The van der Waals surface area contributed by atoms with E-state index >= 15 is 0 Å². The number of hydrogen-bond donors (Lipinski definition) is 0. The van der Waals surface area contributed by atoms with Crippen LogP contribution in [0.15, 0.2) is 36.4 Å². The molecule has 2 aliphatic heterocycles. The van der Waals surface area contributed by atoms with Gasteiger partial charge in [-0.1, -0.05) is 0 Å². The number of Topliss-reactive ketones (excluding diaryl/α,β-unsaturated/α-hetero) is 1. The van der Waals surface area contributed by atoms with Gasteiger partial charge >= 0.3 is 0 Å². The number of amides is 2. The largest absolute Gasteiger partial charge is 0.497 e. The van der Waals surface area contributed by atoms with E-state index in [1.54, 1.807) is 7.11 Å². The number of likely N-dealkylation sites (tertiary alicyclic amines) is 1. The lowest BCUT2D eigenvalue weighted by Crippen LogP contribution is -2.67. The van der Waals surface area contributed by atoms with Crippen LogP contribution in [0.3, 0.4) is 0 Å². The van der Waals surface area contributed by atoms with Gasteiger partial charge in [0.2, 0.25) is 11.7 Å². The summed E-state index contributed by atoms with van der Waals surface area (Å²) >= 11 is 0. The molecule has 41 heavy (non-hydrogen) atoms. The predicted molar refractivity (Wildman–Crippen MR) is 150 cm³/mol. The van der Waals surface area contributed by atoms with Gasteiger partial charge in [-0.2, -0.15) is 0 Å². The Kier molecular flexibility index (Phi) is 8.56. The molecule has 1 aliphatic carbocycles. The quantitative estimate of drug-likeness (QED) is 0.317. The average Bonchev–Trinajstić information content (AvgIpc) is 3.49. The molecule has 10 heteroatoms. The average molecular weight is 567 g/mol. The third-order valence-electron chi connectivity index (χ3n) is 8.57. The number of ketones is 1. The minimum Gasteiger partial charge on any atom is -0.497 e. The number of methoxy groups -OCH3 is 4. The summed E-state index contributed by atoms with van der Waals surface area (Å²) in [5.74, 6) is 1.41. The van der Waals surface area contributed by atoms with Crippen molar-refractivity contribution in [2.24, 2.45) is 5.92 Å². The van der Waals surface area contributed by atoms with Crippen molar-refractivity contribution in [3.63, 3.8) is 0 Å². The SMILES string of the molecule is COc1ccc(OC[C@@H]2CC[C@H](N3CC4CCCC(C3=O)N4C(=O)C(=O)c3cc(OC)c(OC)c(OC)c3)C2)cc1. The van der Waals surface area contributed by atoms with Crippen molar-refractivity contribution < 1.29 is 38.1 Å². The Balaban J connectivity index is 1.25. The lowest BCUT2D eigenvalue weighted by molar-refractivity contribution is -0.159. The Hall–Kier alpha value is -3.95. The van der Waals surface area contributed by atoms with E-state index in [1.807, 2.05) is 29.2 Å². The van der Waals surface area contributed by atoms with Crippen LogP contribution in [0.25, 0.3) is 0 Å². The van der Waals surface area contributed by atoms with Crippen molar-refractivity contribution in [1.82, 2.24) is 9.80 Å². The van der Waals surface area contributed by atoms with Gasteiger partial charge < -0.3 is 33.5 Å². The number of piperidine rings is 1. The minimum atomic E-state index is -0.695. The molecule has 2 aromatic rings. The zero-order valence-corrected chi connectivity index (χ0v) is 24.1. The maximum Gasteiger partial charge on any atom is 0.295 e. The van der Waals surface area contributed by atoms with Crippen LogP contribution in [-0.2, 0) is 9.59 Å². The molecule has 2 bridgehead atoms. The molecule has 2 amide bonds. The first kappa shape index (κ1) is 28.6. The molecule has 3 aliphatic rings. The highest BCUT2D eigenvalue weighted by Gasteiger charge is 2.49. The Morgan fingerprint density at radius 1 is 0.829 bits per heavy atom. The van der Waals surface area contributed by atoms with E-state index in [2.05, 4.69) is 0 Å². The van der Waals surface area contributed by atoms with Gasteiger partial charge in [-0.05, 0) is 80.8 Å². The van der Waals surface area contributed by atoms with E-state index in [-0.39, 0.29) is 35.1 Å². The molecule has 2 unspecified atom stereocenters. The van der Waals surface area contributed by atoms with Gasteiger partial charge in [0.25, 0.3) is 11.7 Å². The Morgan fingerprint density at radius 3 is 2.15 bits per heavy atom. The molecular formula is C31H38N2O8. The Labute approximate surface area is 240 Å². The summed E-state index contributed by atoms with van der Waals surface area (Å²) < 4.78 is 27.3. The second-order valence-corrected chi connectivity index (χ2v) is 10.9. The highest BCUT2D eigenvalue weighted by Crippen LogP contribution is 2.40. The van der Waals surface area contributed by atoms with Crippen LogP contribution in [-0.4, -0.2) is 87.1 Å². The van der Waals surface area contributed by atoms with Crippen LogP contribution < -0.4 is 23.7 Å². The fourth-order valence-corrected chi connectivity index (χ4v) is 6.47. The smallest absolute Gasteiger partial charge is 0.295 e. The first-order valence-corrected chi connectivity index (χ1v) is 14.1. The number of benzene rings is 2. The number of hydrogen-bond acceptors (Lipinski definition) is 8. The normalized spacial score (nSPS) is 23.7. The van der Waals surface area contributed by atoms with Gasteiger partial charge in [0.1, 0.15) is 17.5 Å². The second-order valence-electron chi connectivity index (χ2n) is 10.9. The molecule has 0 aromatic heterocycles. The fraction of sp³-hybridized carbons (Fsp3) is 0.516. The number of ether oxygens (including phenoxy) is 5. The zero-order chi connectivity index (χ0) is 29.1. The van der Waals surface area contributed by atoms with Crippen molar-refractivity contribution >= 4 is 17.6 Å². The number of carbonyl (C=O) groups excluding carboxylic acids is 3. The van der Waals surface area contributed by atoms with Gasteiger partial charge in [-0.3, -0.25) is 14.4 Å². The summed E-state index contributed by atoms with van der Waals surface area (Å²) in [6, 6.07) is 9.77. The number of piperazine rings is 1. The van der Waals surface area contributed by atoms with Crippen LogP contribution in [0.2, 0.25) is 0 Å². The maximum absolute atomic E-state index is 13.7. The predicted octanol–water partition coefficient (Wildman–Crippen LogP) is 3.74. The number of fused-ring (bicyclic) bond motifs is 2.